The van der Waals surface area contributed by atoms with Gasteiger partial charge in [-0.2, -0.15) is 0 Å². The summed E-state index contributed by atoms with van der Waals surface area (Å²) in [7, 11) is 0. The quantitative estimate of drug-likeness (QED) is 0.813. The second-order valence-electron chi connectivity index (χ2n) is 7.29. The highest BCUT2D eigenvalue weighted by atomic mass is 16.5. The first-order valence-corrected chi connectivity index (χ1v) is 9.29. The molecule has 3 atom stereocenters. The van der Waals surface area contributed by atoms with Crippen LogP contribution in [0.4, 0.5) is 0 Å². The Morgan fingerprint density at radius 1 is 1.21 bits per heavy atom. The van der Waals surface area contributed by atoms with Gasteiger partial charge in [-0.05, 0) is 69.3 Å². The molecule has 1 aliphatic heterocycles. The Balaban J connectivity index is 1.48. The monoisotopic (exact) mass is 331 g/mol. The molecule has 24 heavy (non-hydrogen) atoms. The van der Waals surface area contributed by atoms with Gasteiger partial charge < -0.3 is 9.84 Å². The minimum atomic E-state index is -0.474. The number of likely N-dealkylation sites (tertiary alicyclic amines) is 1. The van der Waals surface area contributed by atoms with Crippen LogP contribution in [0.1, 0.15) is 55.8 Å². The number of hydrogen-bond donors (Lipinski definition) is 1. The summed E-state index contributed by atoms with van der Waals surface area (Å²) in [6, 6.07) is 7.78. The molecule has 1 N–H and O–H groups in total. The van der Waals surface area contributed by atoms with Gasteiger partial charge in [-0.15, -0.1) is 0 Å². The maximum atomic E-state index is 11.3. The number of piperidine rings is 1. The first-order valence-electron chi connectivity index (χ1n) is 9.29. The lowest BCUT2D eigenvalue weighted by Gasteiger charge is -2.44. The van der Waals surface area contributed by atoms with Gasteiger partial charge in [-0.3, -0.25) is 9.69 Å². The van der Waals surface area contributed by atoms with Crippen LogP contribution in [0.5, 0.6) is 5.75 Å². The maximum absolute atomic E-state index is 11.3. The molecule has 1 heterocycles. The Labute approximate surface area is 144 Å². The first-order chi connectivity index (χ1) is 11.6. The highest BCUT2D eigenvalue weighted by Gasteiger charge is 2.33. The molecule has 0 radical (unpaired) electrons. The van der Waals surface area contributed by atoms with Gasteiger partial charge in [0.05, 0.1) is 0 Å². The Morgan fingerprint density at radius 3 is 2.67 bits per heavy atom. The van der Waals surface area contributed by atoms with Crippen LogP contribution in [0.25, 0.3) is 0 Å². The summed E-state index contributed by atoms with van der Waals surface area (Å²) in [6.07, 6.45) is 7.47. The van der Waals surface area contributed by atoms with Crippen molar-refractivity contribution < 1.29 is 14.6 Å². The third kappa shape index (κ3) is 4.37. The topological polar surface area (TPSA) is 49.8 Å². The van der Waals surface area contributed by atoms with E-state index in [1.807, 2.05) is 0 Å². The van der Waals surface area contributed by atoms with Gasteiger partial charge in [0, 0.05) is 18.2 Å². The van der Waals surface area contributed by atoms with Crippen molar-refractivity contribution in [3.05, 3.63) is 29.8 Å². The Kier molecular flexibility index (Phi) is 5.90. The molecule has 0 spiro atoms. The summed E-state index contributed by atoms with van der Waals surface area (Å²) in [5.41, 5.74) is 0.680. The summed E-state index contributed by atoms with van der Waals surface area (Å²) in [5, 5.41) is 10.4. The van der Waals surface area contributed by atoms with Gasteiger partial charge >= 0.3 is 0 Å². The third-order valence-electron chi connectivity index (χ3n) is 5.51. The van der Waals surface area contributed by atoms with E-state index in [1.165, 1.54) is 38.5 Å². The molecule has 2 fully saturated rings. The SMILES string of the molecule is CC(=O)c1ccc(OC[C@H](O)CN2CCC[C@H]3CCCC[C@@H]32)cc1. The molecule has 0 amide bonds. The van der Waals surface area contributed by atoms with E-state index >= 15 is 0 Å². The van der Waals surface area contributed by atoms with Crippen LogP contribution in [-0.2, 0) is 0 Å². The number of hydrogen-bond acceptors (Lipinski definition) is 4. The number of aliphatic hydroxyl groups is 1. The molecule has 4 heteroatoms. The van der Waals surface area contributed by atoms with E-state index in [9.17, 15) is 9.90 Å². The molecule has 1 aromatic carbocycles. The van der Waals surface area contributed by atoms with E-state index in [1.54, 1.807) is 31.2 Å². The smallest absolute Gasteiger partial charge is 0.159 e. The van der Waals surface area contributed by atoms with Crippen LogP contribution in [0.3, 0.4) is 0 Å². The van der Waals surface area contributed by atoms with Crippen molar-refractivity contribution in [3.8, 4) is 5.75 Å². The van der Waals surface area contributed by atoms with E-state index in [-0.39, 0.29) is 5.78 Å². The van der Waals surface area contributed by atoms with Crippen molar-refractivity contribution in [2.24, 2.45) is 5.92 Å². The summed E-state index contributed by atoms with van der Waals surface area (Å²) >= 11 is 0. The van der Waals surface area contributed by atoms with Crippen LogP contribution in [0.2, 0.25) is 0 Å². The average molecular weight is 331 g/mol. The number of rotatable bonds is 6. The van der Waals surface area contributed by atoms with Crippen molar-refractivity contribution >= 4 is 5.78 Å². The molecule has 4 nitrogen and oxygen atoms in total. The number of ether oxygens (including phenoxy) is 1. The molecule has 2 aliphatic rings. The van der Waals surface area contributed by atoms with Gasteiger partial charge in [-0.25, -0.2) is 0 Å². The highest BCUT2D eigenvalue weighted by Crippen LogP contribution is 2.35. The molecule has 1 saturated carbocycles. The zero-order valence-corrected chi connectivity index (χ0v) is 14.6. The van der Waals surface area contributed by atoms with Crippen LogP contribution in [0, 0.1) is 5.92 Å². The standard InChI is InChI=1S/C20H29NO3/c1-15(22)16-8-10-19(11-9-16)24-14-18(23)13-21-12-4-6-17-5-2-3-7-20(17)21/h8-11,17-18,20,23H,2-7,12-14H2,1H3/t17-,18-,20+/m1/s1. The minimum Gasteiger partial charge on any atom is -0.491 e. The van der Waals surface area contributed by atoms with Crippen LogP contribution >= 0.6 is 0 Å². The van der Waals surface area contributed by atoms with Gasteiger partial charge in [0.25, 0.3) is 0 Å². The van der Waals surface area contributed by atoms with Gasteiger partial charge in [0.1, 0.15) is 18.5 Å². The van der Waals surface area contributed by atoms with Crippen molar-refractivity contribution in [2.75, 3.05) is 19.7 Å². The molecular formula is C20H29NO3. The van der Waals surface area contributed by atoms with E-state index in [2.05, 4.69) is 4.90 Å². The molecule has 0 bridgehead atoms. The minimum absolute atomic E-state index is 0.0497. The number of β-amino-alcohol motifs (C(OH)–C–C–N with tert-alkyl or cyclic N) is 1. The number of benzene rings is 1. The van der Waals surface area contributed by atoms with Crippen LogP contribution in [-0.4, -0.2) is 47.6 Å². The van der Waals surface area contributed by atoms with Crippen molar-refractivity contribution in [3.63, 3.8) is 0 Å². The lowest BCUT2D eigenvalue weighted by Crippen LogP contribution is -2.50. The van der Waals surface area contributed by atoms with Gasteiger partial charge in [-0.1, -0.05) is 12.8 Å². The summed E-state index contributed by atoms with van der Waals surface area (Å²) < 4.78 is 5.69. The summed E-state index contributed by atoms with van der Waals surface area (Å²) in [5.74, 6) is 1.58. The second-order valence-corrected chi connectivity index (χ2v) is 7.29. The molecule has 3 rings (SSSR count). The van der Waals surface area contributed by atoms with E-state index < -0.39 is 6.10 Å². The highest BCUT2D eigenvalue weighted by molar-refractivity contribution is 5.94. The molecule has 1 aromatic rings. The first kappa shape index (κ1) is 17.4. The van der Waals surface area contributed by atoms with Crippen LogP contribution < -0.4 is 4.74 Å². The molecular weight excluding hydrogens is 302 g/mol. The number of carbonyl (C=O) groups excluding carboxylic acids is 1. The lowest BCUT2D eigenvalue weighted by molar-refractivity contribution is 0.00654. The molecule has 0 unspecified atom stereocenters. The number of nitrogens with zero attached hydrogens (tertiary/aromatic N) is 1. The van der Waals surface area contributed by atoms with Gasteiger partial charge in [0.15, 0.2) is 5.78 Å². The predicted molar refractivity (Wildman–Crippen MR) is 94.5 cm³/mol. The Morgan fingerprint density at radius 2 is 1.92 bits per heavy atom. The van der Waals surface area contributed by atoms with Crippen LogP contribution in [0.15, 0.2) is 24.3 Å². The van der Waals surface area contributed by atoms with E-state index in [0.717, 1.165) is 12.5 Å². The number of carbonyl (C=O) groups is 1. The number of aliphatic hydroxyl groups excluding tert-OH is 1. The second kappa shape index (κ2) is 8.13. The normalized spacial score (nSPS) is 25.8. The van der Waals surface area contributed by atoms with Crippen molar-refractivity contribution in [1.82, 2.24) is 4.90 Å². The lowest BCUT2D eigenvalue weighted by atomic mass is 9.78. The fourth-order valence-electron chi connectivity index (χ4n) is 4.26. The zero-order chi connectivity index (χ0) is 16.9. The molecule has 1 aliphatic carbocycles. The van der Waals surface area contributed by atoms with Crippen molar-refractivity contribution in [2.45, 2.75) is 57.6 Å². The molecule has 1 saturated heterocycles. The van der Waals surface area contributed by atoms with Crippen molar-refractivity contribution in [1.29, 1.82) is 0 Å². The number of Topliss-reactive ketones (excluding diaryl/α,β-unsaturated/α-hetero) is 1. The number of ketones is 1. The van der Waals surface area contributed by atoms with E-state index in [4.69, 9.17) is 4.74 Å². The molecule has 132 valence electrons. The summed E-state index contributed by atoms with van der Waals surface area (Å²) in [6.45, 7) is 3.66. The number of fused-ring (bicyclic) bond motifs is 1. The van der Waals surface area contributed by atoms with E-state index in [0.29, 0.717) is 30.5 Å². The Hall–Kier alpha value is -1.39. The average Bonchev–Trinajstić information content (AvgIpc) is 2.61. The third-order valence-corrected chi connectivity index (χ3v) is 5.51. The molecule has 0 aromatic heterocycles. The zero-order valence-electron chi connectivity index (χ0n) is 14.6. The Bertz CT molecular complexity index is 540. The predicted octanol–water partition coefficient (Wildman–Crippen LogP) is 3.28. The van der Waals surface area contributed by atoms with Gasteiger partial charge in [0.2, 0.25) is 0 Å². The summed E-state index contributed by atoms with van der Waals surface area (Å²) in [4.78, 5) is 13.8. The fourth-order valence-corrected chi connectivity index (χ4v) is 4.26. The fraction of sp³-hybridized carbons (Fsp3) is 0.650. The maximum Gasteiger partial charge on any atom is 0.159 e. The largest absolute Gasteiger partial charge is 0.491 e.